The standard InChI is InChI=1S/C18H21ClN4O/c1-2-15-9-17(21-12-20-15)22-16-10-18(24)23(11-16)7-6-13-4-3-5-14(19)8-13/h3-5,8-9,12,16H,2,6-7,10-11H2,1H3,(H,20,21,22)/t16-/m1/s1. The molecule has 1 amide bonds. The van der Waals surface area contributed by atoms with Crippen molar-refractivity contribution in [1.29, 1.82) is 0 Å². The van der Waals surface area contributed by atoms with Crippen molar-refractivity contribution in [2.24, 2.45) is 0 Å². The zero-order valence-corrected chi connectivity index (χ0v) is 14.5. The molecule has 1 aromatic heterocycles. The molecule has 0 spiro atoms. The molecule has 24 heavy (non-hydrogen) atoms. The highest BCUT2D eigenvalue weighted by Crippen LogP contribution is 2.17. The Morgan fingerprint density at radius 3 is 3.00 bits per heavy atom. The highest BCUT2D eigenvalue weighted by atomic mass is 35.5. The predicted octanol–water partition coefficient (Wildman–Crippen LogP) is 2.95. The summed E-state index contributed by atoms with van der Waals surface area (Å²) in [5.41, 5.74) is 2.14. The molecule has 6 heteroatoms. The maximum Gasteiger partial charge on any atom is 0.224 e. The summed E-state index contributed by atoms with van der Waals surface area (Å²) in [7, 11) is 0. The number of rotatable bonds is 6. The van der Waals surface area contributed by atoms with Crippen LogP contribution < -0.4 is 5.32 Å². The maximum atomic E-state index is 12.2. The van der Waals surface area contributed by atoms with Gasteiger partial charge in [0.05, 0.1) is 6.04 Å². The predicted molar refractivity (Wildman–Crippen MR) is 95.2 cm³/mol. The molecule has 0 unspecified atom stereocenters. The molecule has 1 fully saturated rings. The molecular formula is C18H21ClN4O. The first-order valence-corrected chi connectivity index (χ1v) is 8.61. The number of likely N-dealkylation sites (tertiary alicyclic amines) is 1. The number of benzene rings is 1. The number of nitrogens with zero attached hydrogens (tertiary/aromatic N) is 3. The average molecular weight is 345 g/mol. The smallest absolute Gasteiger partial charge is 0.224 e. The van der Waals surface area contributed by atoms with Gasteiger partial charge < -0.3 is 10.2 Å². The number of halogens is 1. The van der Waals surface area contributed by atoms with E-state index in [1.807, 2.05) is 35.2 Å². The number of amides is 1. The molecule has 1 N–H and O–H groups in total. The maximum absolute atomic E-state index is 12.2. The molecule has 2 aromatic rings. The summed E-state index contributed by atoms with van der Waals surface area (Å²) in [5, 5.41) is 4.08. The number of anilines is 1. The molecule has 0 radical (unpaired) electrons. The quantitative estimate of drug-likeness (QED) is 0.875. The van der Waals surface area contributed by atoms with Crippen molar-refractivity contribution in [3.05, 3.63) is 52.9 Å². The van der Waals surface area contributed by atoms with Crippen LogP contribution in [0.5, 0.6) is 0 Å². The van der Waals surface area contributed by atoms with Gasteiger partial charge in [0.1, 0.15) is 12.1 Å². The normalized spacial score (nSPS) is 17.3. The Kier molecular flexibility index (Phi) is 5.30. The van der Waals surface area contributed by atoms with Crippen LogP contribution in [0, 0.1) is 0 Å². The third-order valence-corrected chi connectivity index (χ3v) is 4.45. The highest BCUT2D eigenvalue weighted by Gasteiger charge is 2.29. The van der Waals surface area contributed by atoms with Crippen LogP contribution in [0.4, 0.5) is 5.82 Å². The molecule has 0 saturated carbocycles. The summed E-state index contributed by atoms with van der Waals surface area (Å²) < 4.78 is 0. The van der Waals surface area contributed by atoms with Gasteiger partial charge in [0, 0.05) is 36.3 Å². The number of hydrogen-bond donors (Lipinski definition) is 1. The molecule has 1 saturated heterocycles. The minimum Gasteiger partial charge on any atom is -0.365 e. The Morgan fingerprint density at radius 1 is 1.33 bits per heavy atom. The van der Waals surface area contributed by atoms with Crippen LogP contribution in [0.3, 0.4) is 0 Å². The minimum atomic E-state index is 0.0940. The molecule has 0 aliphatic carbocycles. The number of carbonyl (C=O) groups is 1. The molecule has 0 bridgehead atoms. The van der Waals surface area contributed by atoms with Crippen LogP contribution in [-0.2, 0) is 17.6 Å². The SMILES string of the molecule is CCc1cc(N[C@@H]2CC(=O)N(CCc3cccc(Cl)c3)C2)ncn1. The van der Waals surface area contributed by atoms with Crippen LogP contribution in [0.2, 0.25) is 5.02 Å². The second-order valence-electron chi connectivity index (χ2n) is 6.01. The minimum absolute atomic E-state index is 0.0940. The van der Waals surface area contributed by atoms with E-state index in [0.29, 0.717) is 19.5 Å². The Labute approximate surface area is 147 Å². The van der Waals surface area contributed by atoms with Gasteiger partial charge in [-0.2, -0.15) is 0 Å². The van der Waals surface area contributed by atoms with Gasteiger partial charge in [0.25, 0.3) is 0 Å². The van der Waals surface area contributed by atoms with Crippen molar-refractivity contribution in [2.75, 3.05) is 18.4 Å². The highest BCUT2D eigenvalue weighted by molar-refractivity contribution is 6.30. The molecular weight excluding hydrogens is 324 g/mol. The van der Waals surface area contributed by atoms with Gasteiger partial charge in [-0.05, 0) is 30.5 Å². The largest absolute Gasteiger partial charge is 0.365 e. The van der Waals surface area contributed by atoms with Crippen molar-refractivity contribution >= 4 is 23.3 Å². The third kappa shape index (κ3) is 4.23. The van der Waals surface area contributed by atoms with Gasteiger partial charge in [-0.3, -0.25) is 4.79 Å². The lowest BCUT2D eigenvalue weighted by molar-refractivity contribution is -0.127. The molecule has 3 rings (SSSR count). The monoisotopic (exact) mass is 344 g/mol. The van der Waals surface area contributed by atoms with Crippen molar-refractivity contribution in [3.8, 4) is 0 Å². The van der Waals surface area contributed by atoms with Crippen molar-refractivity contribution in [2.45, 2.75) is 32.2 Å². The van der Waals surface area contributed by atoms with E-state index in [1.165, 1.54) is 0 Å². The number of aryl methyl sites for hydroxylation is 1. The van der Waals surface area contributed by atoms with Crippen LogP contribution in [0.25, 0.3) is 0 Å². The van der Waals surface area contributed by atoms with Crippen LogP contribution in [-0.4, -0.2) is 39.9 Å². The second-order valence-corrected chi connectivity index (χ2v) is 6.45. The zero-order valence-electron chi connectivity index (χ0n) is 13.7. The fourth-order valence-electron chi connectivity index (χ4n) is 2.92. The van der Waals surface area contributed by atoms with Crippen molar-refractivity contribution in [1.82, 2.24) is 14.9 Å². The van der Waals surface area contributed by atoms with E-state index in [9.17, 15) is 4.79 Å². The van der Waals surface area contributed by atoms with E-state index in [0.717, 1.165) is 34.9 Å². The summed E-state index contributed by atoms with van der Waals surface area (Å²) in [6.07, 6.45) is 3.74. The van der Waals surface area contributed by atoms with Gasteiger partial charge in [-0.1, -0.05) is 30.7 Å². The summed E-state index contributed by atoms with van der Waals surface area (Å²) in [6.45, 7) is 3.47. The second kappa shape index (κ2) is 7.62. The van der Waals surface area contributed by atoms with Gasteiger partial charge in [0.2, 0.25) is 5.91 Å². The van der Waals surface area contributed by atoms with Crippen LogP contribution >= 0.6 is 11.6 Å². The van der Waals surface area contributed by atoms with E-state index in [1.54, 1.807) is 6.33 Å². The fourth-order valence-corrected chi connectivity index (χ4v) is 3.13. The summed E-state index contributed by atoms with van der Waals surface area (Å²) in [5.74, 6) is 0.968. The van der Waals surface area contributed by atoms with E-state index in [2.05, 4.69) is 22.2 Å². The van der Waals surface area contributed by atoms with E-state index in [4.69, 9.17) is 11.6 Å². The first kappa shape index (κ1) is 16.7. The van der Waals surface area contributed by atoms with Crippen LogP contribution in [0.15, 0.2) is 36.7 Å². The Hall–Kier alpha value is -2.14. The Balaban J connectivity index is 1.55. The number of nitrogens with one attached hydrogen (secondary N) is 1. The lowest BCUT2D eigenvalue weighted by atomic mass is 10.1. The van der Waals surface area contributed by atoms with Crippen LogP contribution in [0.1, 0.15) is 24.6 Å². The number of aromatic nitrogens is 2. The Bertz CT molecular complexity index is 722. The first-order chi connectivity index (χ1) is 11.6. The van der Waals surface area contributed by atoms with Crippen molar-refractivity contribution in [3.63, 3.8) is 0 Å². The van der Waals surface area contributed by atoms with Gasteiger partial charge in [-0.25, -0.2) is 9.97 Å². The molecule has 1 aliphatic heterocycles. The molecule has 1 aromatic carbocycles. The van der Waals surface area contributed by atoms with Crippen molar-refractivity contribution < 1.29 is 4.79 Å². The van der Waals surface area contributed by atoms with Gasteiger partial charge in [-0.15, -0.1) is 0 Å². The fraction of sp³-hybridized carbons (Fsp3) is 0.389. The molecule has 1 aliphatic rings. The summed E-state index contributed by atoms with van der Waals surface area (Å²) in [6, 6.07) is 9.82. The van der Waals surface area contributed by atoms with E-state index < -0.39 is 0 Å². The average Bonchev–Trinajstić information content (AvgIpc) is 2.92. The summed E-state index contributed by atoms with van der Waals surface area (Å²) >= 11 is 6.00. The lowest BCUT2D eigenvalue weighted by Crippen LogP contribution is -2.30. The lowest BCUT2D eigenvalue weighted by Gasteiger charge is -2.17. The first-order valence-electron chi connectivity index (χ1n) is 8.23. The molecule has 5 nitrogen and oxygen atoms in total. The van der Waals surface area contributed by atoms with Gasteiger partial charge >= 0.3 is 0 Å². The third-order valence-electron chi connectivity index (χ3n) is 4.21. The van der Waals surface area contributed by atoms with Gasteiger partial charge in [0.15, 0.2) is 0 Å². The molecule has 126 valence electrons. The Morgan fingerprint density at radius 2 is 2.21 bits per heavy atom. The summed E-state index contributed by atoms with van der Waals surface area (Å²) in [4.78, 5) is 22.5. The number of hydrogen-bond acceptors (Lipinski definition) is 4. The molecule has 1 atom stereocenters. The zero-order chi connectivity index (χ0) is 16.9. The van der Waals surface area contributed by atoms with E-state index >= 15 is 0 Å². The molecule has 2 heterocycles. The number of carbonyl (C=O) groups excluding carboxylic acids is 1. The van der Waals surface area contributed by atoms with E-state index in [-0.39, 0.29) is 11.9 Å². The topological polar surface area (TPSA) is 58.1 Å².